The van der Waals surface area contributed by atoms with Crippen LogP contribution in [-0.2, 0) is 4.79 Å². The van der Waals surface area contributed by atoms with Crippen LogP contribution in [0.3, 0.4) is 0 Å². The third-order valence-electron chi connectivity index (χ3n) is 1.04. The second-order valence-electron chi connectivity index (χ2n) is 1.87. The van der Waals surface area contributed by atoms with Crippen molar-refractivity contribution in [2.75, 3.05) is 6.61 Å². The van der Waals surface area contributed by atoms with Gasteiger partial charge in [-0.1, -0.05) is 25.6 Å². The maximum absolute atomic E-state index is 10.5. The van der Waals surface area contributed by atoms with Gasteiger partial charge in [0.05, 0.1) is 0 Å². The summed E-state index contributed by atoms with van der Waals surface area (Å²) < 4.78 is 0. The van der Waals surface area contributed by atoms with Crippen LogP contribution in [0.5, 0.6) is 0 Å². The molecule has 0 aromatic heterocycles. The van der Waals surface area contributed by atoms with Crippen molar-refractivity contribution in [3.05, 3.63) is 0 Å². The molecule has 0 spiro atoms. The lowest BCUT2D eigenvalue weighted by molar-refractivity contribution is -0.113. The van der Waals surface area contributed by atoms with Crippen molar-refractivity contribution < 1.29 is 9.90 Å². The summed E-state index contributed by atoms with van der Waals surface area (Å²) in [6, 6.07) is 0. The molecule has 9 heavy (non-hydrogen) atoms. The fraction of sp³-hybridized carbons (Fsp3) is 0.833. The van der Waals surface area contributed by atoms with Crippen molar-refractivity contribution in [1.29, 1.82) is 0 Å². The van der Waals surface area contributed by atoms with Gasteiger partial charge in [0.15, 0.2) is 0 Å². The van der Waals surface area contributed by atoms with Crippen LogP contribution >= 0.6 is 11.8 Å². The van der Waals surface area contributed by atoms with Crippen LogP contribution in [0, 0.1) is 0 Å². The van der Waals surface area contributed by atoms with E-state index < -0.39 is 0 Å². The average molecular weight is 148 g/mol. The van der Waals surface area contributed by atoms with Crippen molar-refractivity contribution in [2.24, 2.45) is 0 Å². The van der Waals surface area contributed by atoms with Crippen molar-refractivity contribution in [3.8, 4) is 0 Å². The maximum Gasteiger partial charge on any atom is 0.214 e. The highest BCUT2D eigenvalue weighted by Crippen LogP contribution is 2.13. The number of carbonyl (C=O) groups is 1. The highest BCUT2D eigenvalue weighted by Gasteiger charge is 2.04. The van der Waals surface area contributed by atoms with Crippen molar-refractivity contribution in [2.45, 2.75) is 25.5 Å². The van der Waals surface area contributed by atoms with Gasteiger partial charge in [0.1, 0.15) is 6.61 Å². The zero-order valence-electron chi connectivity index (χ0n) is 5.76. The van der Waals surface area contributed by atoms with E-state index in [9.17, 15) is 4.79 Å². The molecule has 1 unspecified atom stereocenters. The number of hydrogen-bond acceptors (Lipinski definition) is 3. The Labute approximate surface area is 59.6 Å². The van der Waals surface area contributed by atoms with Gasteiger partial charge in [-0.2, -0.15) is 0 Å². The molecular weight excluding hydrogens is 136 g/mol. The lowest BCUT2D eigenvalue weighted by Crippen LogP contribution is -2.04. The van der Waals surface area contributed by atoms with Gasteiger partial charge in [0.2, 0.25) is 5.12 Å². The Morgan fingerprint density at radius 1 is 1.78 bits per heavy atom. The Morgan fingerprint density at radius 3 is 2.67 bits per heavy atom. The standard InChI is InChI=1S/C6H12O2S/c1-3-5(2)9-6(8)4-7/h5,7H,3-4H2,1-2H3. The van der Waals surface area contributed by atoms with Crippen LogP contribution < -0.4 is 0 Å². The number of hydrogen-bond donors (Lipinski definition) is 1. The molecule has 0 aliphatic rings. The second kappa shape index (κ2) is 4.82. The molecule has 0 aliphatic carbocycles. The van der Waals surface area contributed by atoms with Crippen molar-refractivity contribution in [1.82, 2.24) is 0 Å². The predicted molar refractivity (Wildman–Crippen MR) is 39.4 cm³/mol. The fourth-order valence-corrected chi connectivity index (χ4v) is 1.03. The molecule has 0 saturated carbocycles. The molecule has 0 saturated heterocycles. The normalized spacial score (nSPS) is 13.2. The predicted octanol–water partition coefficient (Wildman–Crippen LogP) is 1.04. The average Bonchev–Trinajstić information content (AvgIpc) is 1.87. The van der Waals surface area contributed by atoms with Gasteiger partial charge in [0, 0.05) is 5.25 Å². The summed E-state index contributed by atoms with van der Waals surface area (Å²) in [5.41, 5.74) is 0. The van der Waals surface area contributed by atoms with Gasteiger partial charge in [-0.15, -0.1) is 0 Å². The summed E-state index contributed by atoms with van der Waals surface area (Å²) in [5.74, 6) is 0. The Bertz CT molecular complexity index is 93.1. The highest BCUT2D eigenvalue weighted by molar-refractivity contribution is 8.14. The molecule has 0 aromatic rings. The van der Waals surface area contributed by atoms with Gasteiger partial charge in [-0.05, 0) is 6.42 Å². The molecule has 2 nitrogen and oxygen atoms in total. The van der Waals surface area contributed by atoms with Gasteiger partial charge < -0.3 is 5.11 Å². The maximum atomic E-state index is 10.5. The van der Waals surface area contributed by atoms with Crippen LogP contribution in [0.1, 0.15) is 20.3 Å². The molecular formula is C6H12O2S. The van der Waals surface area contributed by atoms with Crippen LogP contribution in [0.15, 0.2) is 0 Å². The lowest BCUT2D eigenvalue weighted by Gasteiger charge is -2.03. The van der Waals surface area contributed by atoms with E-state index in [0.29, 0.717) is 5.25 Å². The second-order valence-corrected chi connectivity index (χ2v) is 3.36. The van der Waals surface area contributed by atoms with E-state index >= 15 is 0 Å². The Kier molecular flexibility index (Phi) is 4.81. The fourth-order valence-electron chi connectivity index (χ4n) is 0.345. The lowest BCUT2D eigenvalue weighted by atomic mass is 10.4. The first kappa shape index (κ1) is 8.98. The van der Waals surface area contributed by atoms with Gasteiger partial charge in [-0.25, -0.2) is 0 Å². The highest BCUT2D eigenvalue weighted by atomic mass is 32.2. The molecule has 1 N–H and O–H groups in total. The summed E-state index contributed by atoms with van der Waals surface area (Å²) in [7, 11) is 0. The number of thioether (sulfide) groups is 1. The molecule has 0 bridgehead atoms. The summed E-state index contributed by atoms with van der Waals surface area (Å²) in [4.78, 5) is 10.5. The molecule has 54 valence electrons. The summed E-state index contributed by atoms with van der Waals surface area (Å²) in [6.07, 6.45) is 0.969. The van der Waals surface area contributed by atoms with Crippen molar-refractivity contribution in [3.63, 3.8) is 0 Å². The molecule has 0 rings (SSSR count). The van der Waals surface area contributed by atoms with E-state index in [2.05, 4.69) is 0 Å². The molecule has 0 aromatic carbocycles. The number of aliphatic hydroxyl groups excluding tert-OH is 1. The number of rotatable bonds is 3. The largest absolute Gasteiger partial charge is 0.388 e. The molecule has 0 amide bonds. The monoisotopic (exact) mass is 148 g/mol. The van der Waals surface area contributed by atoms with E-state index in [1.165, 1.54) is 11.8 Å². The summed E-state index contributed by atoms with van der Waals surface area (Å²) in [5, 5.41) is 8.51. The van der Waals surface area contributed by atoms with E-state index in [4.69, 9.17) is 5.11 Å². The Morgan fingerprint density at radius 2 is 2.33 bits per heavy atom. The Balaban J connectivity index is 3.34. The van der Waals surface area contributed by atoms with Crippen LogP contribution in [-0.4, -0.2) is 22.1 Å². The molecule has 3 heteroatoms. The van der Waals surface area contributed by atoms with E-state index in [0.717, 1.165) is 6.42 Å². The number of aliphatic hydroxyl groups is 1. The van der Waals surface area contributed by atoms with Gasteiger partial charge >= 0.3 is 0 Å². The smallest absolute Gasteiger partial charge is 0.214 e. The quantitative estimate of drug-likeness (QED) is 0.649. The minimum Gasteiger partial charge on any atom is -0.388 e. The van der Waals surface area contributed by atoms with Crippen LogP contribution in [0.25, 0.3) is 0 Å². The molecule has 0 heterocycles. The SMILES string of the molecule is CCC(C)SC(=O)CO. The topological polar surface area (TPSA) is 37.3 Å². The van der Waals surface area contributed by atoms with Crippen LogP contribution in [0.2, 0.25) is 0 Å². The van der Waals surface area contributed by atoms with Gasteiger partial charge in [0.25, 0.3) is 0 Å². The first-order valence-electron chi connectivity index (χ1n) is 3.01. The molecule has 0 fully saturated rings. The van der Waals surface area contributed by atoms with E-state index in [-0.39, 0.29) is 11.7 Å². The third kappa shape index (κ3) is 4.48. The minimum atomic E-state index is -0.338. The number of carbonyl (C=O) groups excluding carboxylic acids is 1. The molecule has 0 radical (unpaired) electrons. The molecule has 1 atom stereocenters. The van der Waals surface area contributed by atoms with Crippen molar-refractivity contribution >= 4 is 16.9 Å². The Hall–Kier alpha value is -0.0200. The summed E-state index contributed by atoms with van der Waals surface area (Å²) >= 11 is 1.21. The molecule has 0 aliphatic heterocycles. The minimum absolute atomic E-state index is 0.135. The first-order valence-corrected chi connectivity index (χ1v) is 3.89. The zero-order chi connectivity index (χ0) is 7.28. The first-order chi connectivity index (χ1) is 4.20. The van der Waals surface area contributed by atoms with Crippen LogP contribution in [0.4, 0.5) is 0 Å². The van der Waals surface area contributed by atoms with E-state index in [1.807, 2.05) is 13.8 Å². The van der Waals surface area contributed by atoms with Gasteiger partial charge in [-0.3, -0.25) is 4.79 Å². The van der Waals surface area contributed by atoms with E-state index in [1.54, 1.807) is 0 Å². The summed E-state index contributed by atoms with van der Waals surface area (Å²) in [6.45, 7) is 3.65. The zero-order valence-corrected chi connectivity index (χ0v) is 6.57. The third-order valence-corrected chi connectivity index (χ3v) is 2.16.